The third-order valence-electron chi connectivity index (χ3n) is 4.78. The van der Waals surface area contributed by atoms with Crippen LogP contribution in [-0.4, -0.2) is 65.2 Å². The normalized spacial score (nSPS) is 15.0. The van der Waals surface area contributed by atoms with E-state index in [-0.39, 0.29) is 5.91 Å². The molecule has 1 saturated heterocycles. The molecule has 2 N–H and O–H groups in total. The lowest BCUT2D eigenvalue weighted by Gasteiger charge is -2.26. The van der Waals surface area contributed by atoms with Crippen LogP contribution in [0.3, 0.4) is 0 Å². The maximum absolute atomic E-state index is 14.6. The monoisotopic (exact) mass is 383 g/mol. The van der Waals surface area contributed by atoms with E-state index in [4.69, 9.17) is 4.74 Å². The van der Waals surface area contributed by atoms with Gasteiger partial charge in [0.05, 0.1) is 24.3 Å². The van der Waals surface area contributed by atoms with Crippen molar-refractivity contribution < 1.29 is 13.9 Å². The van der Waals surface area contributed by atoms with Crippen molar-refractivity contribution in [1.82, 2.24) is 25.2 Å². The van der Waals surface area contributed by atoms with Gasteiger partial charge in [-0.25, -0.2) is 14.4 Å². The number of fused-ring (bicyclic) bond motifs is 1. The van der Waals surface area contributed by atoms with Crippen molar-refractivity contribution in [2.24, 2.45) is 0 Å². The first kappa shape index (κ1) is 18.5. The van der Waals surface area contributed by atoms with Crippen LogP contribution in [0, 0.1) is 5.82 Å². The average Bonchev–Trinajstić information content (AvgIpc) is 3.15. The molecule has 7 nitrogen and oxygen atoms in total. The number of H-pyrrole nitrogens is 1. The number of nitrogens with zero attached hydrogens (tertiary/aromatic N) is 3. The molecule has 1 fully saturated rings. The zero-order chi connectivity index (χ0) is 19.3. The average molecular weight is 383 g/mol. The fourth-order valence-electron chi connectivity index (χ4n) is 3.25. The zero-order valence-corrected chi connectivity index (χ0v) is 15.4. The number of rotatable bonds is 6. The van der Waals surface area contributed by atoms with Crippen LogP contribution < -0.4 is 5.32 Å². The van der Waals surface area contributed by atoms with Crippen LogP contribution in [0.4, 0.5) is 4.39 Å². The summed E-state index contributed by atoms with van der Waals surface area (Å²) in [5, 5.41) is 2.85. The van der Waals surface area contributed by atoms with Crippen LogP contribution >= 0.6 is 0 Å². The van der Waals surface area contributed by atoms with Gasteiger partial charge in [0.1, 0.15) is 11.6 Å². The molecule has 3 aromatic rings. The Hall–Kier alpha value is -2.84. The van der Waals surface area contributed by atoms with E-state index in [9.17, 15) is 9.18 Å². The van der Waals surface area contributed by atoms with E-state index < -0.39 is 5.82 Å². The number of carbonyl (C=O) groups is 1. The van der Waals surface area contributed by atoms with Crippen LogP contribution in [0.1, 0.15) is 16.8 Å². The third kappa shape index (κ3) is 4.18. The lowest BCUT2D eigenvalue weighted by atomic mass is 10.1. The predicted molar refractivity (Wildman–Crippen MR) is 103 cm³/mol. The standard InChI is InChI=1S/C20H22FN5O2/c21-16-13-14(20(27)23-7-2-8-26-9-11-28-12-10-26)4-5-15(16)18-24-17-3-1-6-22-19(17)25-18/h1,3-6,13H,2,7-12H2,(H,23,27)(H,22,24,25). The van der Waals surface area contributed by atoms with E-state index in [0.29, 0.717) is 29.1 Å². The topological polar surface area (TPSA) is 83.1 Å². The number of aromatic amines is 1. The van der Waals surface area contributed by atoms with Crippen molar-refractivity contribution >= 4 is 17.1 Å². The number of carbonyl (C=O) groups excluding carboxylic acids is 1. The van der Waals surface area contributed by atoms with Gasteiger partial charge in [0.25, 0.3) is 5.91 Å². The molecule has 4 rings (SSSR count). The van der Waals surface area contributed by atoms with Gasteiger partial charge in [0.2, 0.25) is 0 Å². The molecule has 1 amide bonds. The Morgan fingerprint density at radius 3 is 2.93 bits per heavy atom. The van der Waals surface area contributed by atoms with Crippen molar-refractivity contribution in [3.05, 3.63) is 47.9 Å². The van der Waals surface area contributed by atoms with Crippen LogP contribution in [0.25, 0.3) is 22.6 Å². The summed E-state index contributed by atoms with van der Waals surface area (Å²) in [6.45, 7) is 4.85. The van der Waals surface area contributed by atoms with E-state index in [1.165, 1.54) is 6.07 Å². The van der Waals surface area contributed by atoms with Crippen LogP contribution in [0.5, 0.6) is 0 Å². The molecule has 8 heteroatoms. The smallest absolute Gasteiger partial charge is 0.251 e. The van der Waals surface area contributed by atoms with Gasteiger partial charge in [0, 0.05) is 31.4 Å². The summed E-state index contributed by atoms with van der Waals surface area (Å²) in [6.07, 6.45) is 2.48. The summed E-state index contributed by atoms with van der Waals surface area (Å²) >= 11 is 0. The largest absolute Gasteiger partial charge is 0.379 e. The minimum absolute atomic E-state index is 0.279. The summed E-state index contributed by atoms with van der Waals surface area (Å²) in [5.41, 5.74) is 1.86. The van der Waals surface area contributed by atoms with E-state index in [1.54, 1.807) is 24.4 Å². The maximum atomic E-state index is 14.6. The molecule has 0 saturated carbocycles. The molecular formula is C20H22FN5O2. The summed E-state index contributed by atoms with van der Waals surface area (Å²) in [4.78, 5) is 26.1. The van der Waals surface area contributed by atoms with Gasteiger partial charge in [-0.2, -0.15) is 0 Å². The zero-order valence-electron chi connectivity index (χ0n) is 15.4. The quantitative estimate of drug-likeness (QED) is 0.638. The number of hydrogen-bond acceptors (Lipinski definition) is 5. The van der Waals surface area contributed by atoms with E-state index in [2.05, 4.69) is 25.2 Å². The van der Waals surface area contributed by atoms with E-state index in [1.807, 2.05) is 6.07 Å². The highest BCUT2D eigenvalue weighted by molar-refractivity contribution is 5.94. The highest BCUT2D eigenvalue weighted by atomic mass is 19.1. The molecule has 0 aliphatic carbocycles. The van der Waals surface area contributed by atoms with Crippen LogP contribution in [0.2, 0.25) is 0 Å². The number of benzene rings is 1. The van der Waals surface area contributed by atoms with Gasteiger partial charge >= 0.3 is 0 Å². The minimum Gasteiger partial charge on any atom is -0.379 e. The fraction of sp³-hybridized carbons (Fsp3) is 0.350. The van der Waals surface area contributed by atoms with Gasteiger partial charge in [-0.1, -0.05) is 0 Å². The lowest BCUT2D eigenvalue weighted by molar-refractivity contribution is 0.0374. The molecule has 0 unspecified atom stereocenters. The molecular weight excluding hydrogens is 361 g/mol. The second-order valence-electron chi connectivity index (χ2n) is 6.72. The fourth-order valence-corrected chi connectivity index (χ4v) is 3.25. The number of aromatic nitrogens is 3. The molecule has 2 aromatic heterocycles. The Kier molecular flexibility index (Phi) is 5.59. The molecule has 0 atom stereocenters. The van der Waals surface area contributed by atoms with Crippen LogP contribution in [0.15, 0.2) is 36.5 Å². The number of ether oxygens (including phenoxy) is 1. The van der Waals surface area contributed by atoms with E-state index in [0.717, 1.165) is 44.8 Å². The third-order valence-corrected chi connectivity index (χ3v) is 4.78. The van der Waals surface area contributed by atoms with Crippen molar-refractivity contribution in [2.45, 2.75) is 6.42 Å². The second kappa shape index (κ2) is 8.45. The highest BCUT2D eigenvalue weighted by Gasteiger charge is 2.14. The molecule has 28 heavy (non-hydrogen) atoms. The second-order valence-corrected chi connectivity index (χ2v) is 6.72. The van der Waals surface area contributed by atoms with Crippen LogP contribution in [-0.2, 0) is 4.74 Å². The van der Waals surface area contributed by atoms with Gasteiger partial charge in [0.15, 0.2) is 5.65 Å². The molecule has 146 valence electrons. The van der Waals surface area contributed by atoms with Gasteiger partial charge in [-0.05, 0) is 43.3 Å². The first-order valence-corrected chi connectivity index (χ1v) is 9.40. The van der Waals surface area contributed by atoms with Gasteiger partial charge in [-0.15, -0.1) is 0 Å². The van der Waals surface area contributed by atoms with Crippen molar-refractivity contribution in [2.75, 3.05) is 39.4 Å². The number of morpholine rings is 1. The molecule has 3 heterocycles. The molecule has 0 spiro atoms. The Morgan fingerprint density at radius 1 is 1.29 bits per heavy atom. The first-order valence-electron chi connectivity index (χ1n) is 9.40. The number of imidazole rings is 1. The number of nitrogens with one attached hydrogen (secondary N) is 2. The highest BCUT2D eigenvalue weighted by Crippen LogP contribution is 2.23. The Bertz CT molecular complexity index is 935. The number of amides is 1. The number of hydrogen-bond donors (Lipinski definition) is 2. The summed E-state index contributed by atoms with van der Waals surface area (Å²) < 4.78 is 19.9. The van der Waals surface area contributed by atoms with Gasteiger partial charge < -0.3 is 15.0 Å². The summed E-state index contributed by atoms with van der Waals surface area (Å²) in [5.74, 6) is -0.387. The maximum Gasteiger partial charge on any atom is 0.251 e. The Morgan fingerprint density at radius 2 is 2.14 bits per heavy atom. The number of halogens is 1. The number of pyridine rings is 1. The minimum atomic E-state index is -0.500. The lowest BCUT2D eigenvalue weighted by Crippen LogP contribution is -2.38. The van der Waals surface area contributed by atoms with Crippen molar-refractivity contribution in [1.29, 1.82) is 0 Å². The summed E-state index contributed by atoms with van der Waals surface area (Å²) in [6, 6.07) is 8.03. The van der Waals surface area contributed by atoms with Crippen molar-refractivity contribution in [3.63, 3.8) is 0 Å². The Labute approximate surface area is 161 Å². The van der Waals surface area contributed by atoms with Crippen molar-refractivity contribution in [3.8, 4) is 11.4 Å². The molecule has 0 bridgehead atoms. The Balaban J connectivity index is 1.36. The molecule has 1 aromatic carbocycles. The summed E-state index contributed by atoms with van der Waals surface area (Å²) in [7, 11) is 0. The SMILES string of the molecule is O=C(NCCCN1CCOCC1)c1ccc(-c2nc3ncccc3[nH]2)c(F)c1. The van der Waals surface area contributed by atoms with Gasteiger partial charge in [-0.3, -0.25) is 9.69 Å². The molecule has 0 radical (unpaired) electrons. The van der Waals surface area contributed by atoms with E-state index >= 15 is 0 Å². The predicted octanol–water partition coefficient (Wildman–Crippen LogP) is 2.22. The first-order chi connectivity index (χ1) is 13.7. The molecule has 1 aliphatic rings. The molecule has 1 aliphatic heterocycles.